The maximum atomic E-state index is 12.9. The van der Waals surface area contributed by atoms with E-state index in [-0.39, 0.29) is 44.0 Å². The maximum Gasteiger partial charge on any atom is 0.306 e. The summed E-state index contributed by atoms with van der Waals surface area (Å²) in [4.78, 5) is 38.2. The van der Waals surface area contributed by atoms with Gasteiger partial charge in [-0.1, -0.05) is 250 Å². The van der Waals surface area contributed by atoms with Crippen LogP contribution in [0.5, 0.6) is 0 Å². The zero-order chi connectivity index (χ0) is 54.3. The average molecular weight is 1040 g/mol. The van der Waals surface area contributed by atoms with Crippen molar-refractivity contribution >= 4 is 17.9 Å². The van der Waals surface area contributed by atoms with Gasteiger partial charge in [0.2, 0.25) is 0 Å². The lowest BCUT2D eigenvalue weighted by Gasteiger charge is -2.18. The van der Waals surface area contributed by atoms with Gasteiger partial charge in [0.25, 0.3) is 0 Å². The first-order valence-corrected chi connectivity index (χ1v) is 30.3. The number of ether oxygens (including phenoxy) is 3. The minimum absolute atomic E-state index is 0.121. The predicted octanol–water partition coefficient (Wildman–Crippen LogP) is 20.8. The number of hydrogen-bond donors (Lipinski definition) is 0. The highest BCUT2D eigenvalue weighted by molar-refractivity contribution is 5.71. The molecule has 0 aliphatic heterocycles. The fourth-order valence-corrected chi connectivity index (χ4v) is 7.84. The molecule has 0 aromatic heterocycles. The molecule has 75 heavy (non-hydrogen) atoms. The van der Waals surface area contributed by atoms with Gasteiger partial charge in [-0.3, -0.25) is 14.4 Å². The van der Waals surface area contributed by atoms with Gasteiger partial charge in [-0.2, -0.15) is 0 Å². The third kappa shape index (κ3) is 60.0. The zero-order valence-electron chi connectivity index (χ0n) is 48.3. The molecule has 0 heterocycles. The van der Waals surface area contributed by atoms with Gasteiger partial charge < -0.3 is 14.2 Å². The second kappa shape index (κ2) is 61.8. The van der Waals surface area contributed by atoms with E-state index in [0.717, 1.165) is 109 Å². The van der Waals surface area contributed by atoms with Crippen LogP contribution in [0.25, 0.3) is 0 Å². The van der Waals surface area contributed by atoms with Crippen molar-refractivity contribution in [1.82, 2.24) is 0 Å². The number of hydrogen-bond acceptors (Lipinski definition) is 6. The molecule has 422 valence electrons. The Hall–Kier alpha value is -4.71. The smallest absolute Gasteiger partial charge is 0.306 e. The van der Waals surface area contributed by atoms with Gasteiger partial charge in [-0.15, -0.1) is 0 Å². The summed E-state index contributed by atoms with van der Waals surface area (Å²) in [6.45, 7) is 6.31. The van der Waals surface area contributed by atoms with Crippen LogP contribution in [0.15, 0.2) is 146 Å². The Labute approximate surface area is 461 Å². The van der Waals surface area contributed by atoms with Crippen molar-refractivity contribution in [3.05, 3.63) is 146 Å². The summed E-state index contributed by atoms with van der Waals surface area (Å²) in [5.41, 5.74) is 0. The highest BCUT2D eigenvalue weighted by Crippen LogP contribution is 2.14. The lowest BCUT2D eigenvalue weighted by atomic mass is 10.1. The highest BCUT2D eigenvalue weighted by atomic mass is 16.6. The predicted molar refractivity (Wildman–Crippen MR) is 325 cm³/mol. The number of unbranched alkanes of at least 4 members (excludes halogenated alkanes) is 18. The number of carbonyl (C=O) groups is 3. The lowest BCUT2D eigenvalue weighted by Crippen LogP contribution is -2.30. The molecule has 1 atom stereocenters. The standard InChI is InChI=1S/C69H110O6/c1-4-7-10-13-16-19-22-25-28-31-34-37-40-43-46-49-52-55-58-61-67(70)73-64-66(75-69(72)63-60-57-54-51-48-45-42-39-36-33-30-27-24-21-18-15-12-9-6-3)65-74-68(71)62-59-56-53-50-47-44-41-38-35-32-29-26-23-20-17-14-11-8-5-2/h7,9-10,12,16,18-19,21,25-30,34,36-37,39,43,45-46,48,52,55,66H,4-6,8,11,13-15,17,20,22-24,31-33,35,38,40-42,44,47,49-51,53-54,56-65H2,1-3H3/b10-7-,12-9-,19-16-,21-18-,28-25-,29-26-,30-27-,37-34-,39-36-,46-43-,48-45-,55-52-/t66-/m1/s1. The summed E-state index contributed by atoms with van der Waals surface area (Å²) in [5.74, 6) is -1.05. The van der Waals surface area contributed by atoms with Crippen LogP contribution in [0.4, 0.5) is 0 Å². The highest BCUT2D eigenvalue weighted by Gasteiger charge is 2.19. The minimum Gasteiger partial charge on any atom is -0.462 e. The monoisotopic (exact) mass is 1030 g/mol. The molecule has 0 fully saturated rings. The van der Waals surface area contributed by atoms with Crippen molar-refractivity contribution in [1.29, 1.82) is 0 Å². The molecule has 0 rings (SSSR count). The summed E-state index contributed by atoms with van der Waals surface area (Å²) < 4.78 is 16.8. The van der Waals surface area contributed by atoms with Crippen molar-refractivity contribution < 1.29 is 28.6 Å². The fourth-order valence-electron chi connectivity index (χ4n) is 7.84. The molecule has 6 heteroatoms. The topological polar surface area (TPSA) is 78.9 Å². The number of carbonyl (C=O) groups excluding carboxylic acids is 3. The Bertz CT molecular complexity index is 1660. The van der Waals surface area contributed by atoms with Gasteiger partial charge in [-0.05, 0) is 128 Å². The molecule has 0 amide bonds. The van der Waals surface area contributed by atoms with Gasteiger partial charge in [0, 0.05) is 19.3 Å². The van der Waals surface area contributed by atoms with Crippen molar-refractivity contribution in [3.63, 3.8) is 0 Å². The normalized spacial score (nSPS) is 13.2. The molecule has 6 nitrogen and oxygen atoms in total. The van der Waals surface area contributed by atoms with Gasteiger partial charge in [0.05, 0.1) is 0 Å². The first-order valence-electron chi connectivity index (χ1n) is 30.3. The lowest BCUT2D eigenvalue weighted by molar-refractivity contribution is -0.166. The molecule has 0 saturated carbocycles. The third-order valence-corrected chi connectivity index (χ3v) is 12.3. The second-order valence-corrected chi connectivity index (χ2v) is 19.5. The van der Waals surface area contributed by atoms with E-state index in [4.69, 9.17) is 14.2 Å². The largest absolute Gasteiger partial charge is 0.462 e. The van der Waals surface area contributed by atoms with Crippen LogP contribution in [0.1, 0.15) is 252 Å². The minimum atomic E-state index is -0.835. The number of esters is 3. The average Bonchev–Trinajstić information content (AvgIpc) is 3.41. The van der Waals surface area contributed by atoms with E-state index < -0.39 is 6.10 Å². The Morgan fingerprint density at radius 2 is 0.547 bits per heavy atom. The molecule has 0 radical (unpaired) electrons. The van der Waals surface area contributed by atoms with E-state index in [9.17, 15) is 14.4 Å². The van der Waals surface area contributed by atoms with E-state index in [1.807, 2.05) is 6.08 Å². The van der Waals surface area contributed by atoms with E-state index in [0.29, 0.717) is 19.3 Å². The van der Waals surface area contributed by atoms with Crippen LogP contribution in [0.2, 0.25) is 0 Å². The Morgan fingerprint density at radius 3 is 0.920 bits per heavy atom. The van der Waals surface area contributed by atoms with Crippen LogP contribution >= 0.6 is 0 Å². The van der Waals surface area contributed by atoms with Crippen molar-refractivity contribution in [3.8, 4) is 0 Å². The second-order valence-electron chi connectivity index (χ2n) is 19.5. The summed E-state index contributed by atoms with van der Waals surface area (Å²) in [5, 5.41) is 0. The molecule has 0 bridgehead atoms. The summed E-state index contributed by atoms with van der Waals surface area (Å²) in [6.07, 6.45) is 88.5. The molecule has 0 aromatic carbocycles. The molecule has 0 aromatic rings. The van der Waals surface area contributed by atoms with Crippen LogP contribution in [-0.2, 0) is 28.6 Å². The summed E-state index contributed by atoms with van der Waals surface area (Å²) >= 11 is 0. The molecule has 0 unspecified atom stereocenters. The number of allylic oxidation sites excluding steroid dienone is 24. The van der Waals surface area contributed by atoms with E-state index in [2.05, 4.69) is 161 Å². The van der Waals surface area contributed by atoms with E-state index in [1.165, 1.54) is 89.9 Å². The van der Waals surface area contributed by atoms with Crippen LogP contribution in [-0.4, -0.2) is 37.2 Å². The summed E-state index contributed by atoms with van der Waals surface area (Å²) in [6, 6.07) is 0. The quantitative estimate of drug-likeness (QED) is 0.0261. The van der Waals surface area contributed by atoms with Crippen LogP contribution in [0.3, 0.4) is 0 Å². The number of rotatable bonds is 53. The van der Waals surface area contributed by atoms with Crippen LogP contribution < -0.4 is 0 Å². The first-order chi connectivity index (χ1) is 37.0. The molecular formula is C69H110O6. The Balaban J connectivity index is 4.58. The van der Waals surface area contributed by atoms with Gasteiger partial charge in [0.15, 0.2) is 6.10 Å². The summed E-state index contributed by atoms with van der Waals surface area (Å²) in [7, 11) is 0. The first kappa shape index (κ1) is 70.3. The molecule has 0 aliphatic carbocycles. The zero-order valence-corrected chi connectivity index (χ0v) is 48.3. The van der Waals surface area contributed by atoms with E-state index >= 15 is 0 Å². The Morgan fingerprint density at radius 1 is 0.280 bits per heavy atom. The van der Waals surface area contributed by atoms with Crippen molar-refractivity contribution in [2.24, 2.45) is 0 Å². The SMILES string of the molecule is CC/C=C\C/C=C\C/C=C\C/C=C\C/C=C\C/C=C\CCC(=O)OC[C@H](COC(=O)CCCCCCCCCCC/C=C\CCCCCCCC)OC(=O)CCCCC/C=C\C/C=C\C/C=C\C/C=C\C/C=C\CC. The molecular weight excluding hydrogens is 925 g/mol. The van der Waals surface area contributed by atoms with Gasteiger partial charge in [-0.25, -0.2) is 0 Å². The van der Waals surface area contributed by atoms with Crippen LogP contribution in [0, 0.1) is 0 Å². The molecule has 0 spiro atoms. The maximum absolute atomic E-state index is 12.9. The van der Waals surface area contributed by atoms with Crippen molar-refractivity contribution in [2.45, 2.75) is 258 Å². The Kier molecular flexibility index (Phi) is 58.0. The fraction of sp³-hybridized carbons (Fsp3) is 0.609. The van der Waals surface area contributed by atoms with E-state index in [1.54, 1.807) is 0 Å². The third-order valence-electron chi connectivity index (χ3n) is 12.3. The van der Waals surface area contributed by atoms with Crippen molar-refractivity contribution in [2.75, 3.05) is 13.2 Å². The molecule has 0 aliphatic rings. The van der Waals surface area contributed by atoms with Gasteiger partial charge >= 0.3 is 17.9 Å². The van der Waals surface area contributed by atoms with Gasteiger partial charge in [0.1, 0.15) is 13.2 Å². The molecule has 0 saturated heterocycles. The molecule has 0 N–H and O–H groups in total.